The molecule has 5 heteroatoms. The Bertz CT molecular complexity index is 3130. The summed E-state index contributed by atoms with van der Waals surface area (Å²) in [6.45, 7) is 0. The van der Waals surface area contributed by atoms with Gasteiger partial charge in [0.1, 0.15) is 17.2 Å². The Hall–Kier alpha value is -6.69. The van der Waals surface area contributed by atoms with Crippen molar-refractivity contribution in [2.24, 2.45) is 0 Å². The summed E-state index contributed by atoms with van der Waals surface area (Å²) in [6, 6.07) is 56.4. The molecule has 4 heterocycles. The van der Waals surface area contributed by atoms with Crippen LogP contribution in [0.25, 0.3) is 75.8 Å². The van der Waals surface area contributed by atoms with Crippen LogP contribution in [0, 0.1) is 0 Å². The van der Waals surface area contributed by atoms with E-state index in [0.29, 0.717) is 5.82 Å². The third kappa shape index (κ3) is 3.92. The van der Waals surface area contributed by atoms with Gasteiger partial charge in [0.2, 0.25) is 0 Å². The van der Waals surface area contributed by atoms with E-state index in [4.69, 9.17) is 19.7 Å². The fourth-order valence-corrected chi connectivity index (χ4v) is 10.1. The Kier molecular flexibility index (Phi) is 5.83. The van der Waals surface area contributed by atoms with Crippen molar-refractivity contribution in [1.29, 1.82) is 0 Å². The standard InChI is InChI=1S/C48H27N3OS/c1-2-13-30-27-39-35(25-29(30)12-1)34-26-31(21-22-36(34)48(39)37-16-6-8-18-40(37)52-41-19-9-7-17-38(41)48)43-46-44(33-15-5-10-20-42(33)53-46)51-47(50-43)45-32-14-4-3-11-28(32)23-24-49-45/h1-27H. The predicted octanol–water partition coefficient (Wildman–Crippen LogP) is 12.3. The van der Waals surface area contributed by atoms with Crippen molar-refractivity contribution < 1.29 is 4.74 Å². The van der Waals surface area contributed by atoms with Gasteiger partial charge in [0.15, 0.2) is 5.82 Å². The lowest BCUT2D eigenvalue weighted by Crippen LogP contribution is -2.32. The first-order valence-corrected chi connectivity index (χ1v) is 18.7. The normalized spacial score (nSPS) is 13.6. The average molecular weight is 694 g/mol. The predicted molar refractivity (Wildman–Crippen MR) is 216 cm³/mol. The van der Waals surface area contributed by atoms with Gasteiger partial charge in [0, 0.05) is 38.4 Å². The zero-order valence-corrected chi connectivity index (χ0v) is 29.1. The molecule has 246 valence electrons. The van der Waals surface area contributed by atoms with Crippen LogP contribution in [0.15, 0.2) is 164 Å². The van der Waals surface area contributed by atoms with Gasteiger partial charge >= 0.3 is 0 Å². The number of fused-ring (bicyclic) bond motifs is 14. The molecule has 53 heavy (non-hydrogen) atoms. The zero-order chi connectivity index (χ0) is 34.7. The van der Waals surface area contributed by atoms with E-state index in [0.717, 1.165) is 66.0 Å². The number of thiophene rings is 1. The highest BCUT2D eigenvalue weighted by Crippen LogP contribution is 2.63. The van der Waals surface area contributed by atoms with Gasteiger partial charge in [0.05, 0.1) is 21.3 Å². The number of nitrogens with zero attached hydrogens (tertiary/aromatic N) is 3. The van der Waals surface area contributed by atoms with Gasteiger partial charge in [-0.15, -0.1) is 11.3 Å². The number of pyridine rings is 1. The highest BCUT2D eigenvalue weighted by atomic mass is 32.1. The molecule has 0 fully saturated rings. The Morgan fingerprint density at radius 3 is 1.96 bits per heavy atom. The molecule has 0 amide bonds. The molecule has 0 unspecified atom stereocenters. The van der Waals surface area contributed by atoms with Gasteiger partial charge in [0.25, 0.3) is 0 Å². The number of ether oxygens (including phenoxy) is 1. The van der Waals surface area contributed by atoms with Crippen molar-refractivity contribution in [2.75, 3.05) is 0 Å². The Morgan fingerprint density at radius 1 is 0.491 bits per heavy atom. The topological polar surface area (TPSA) is 47.9 Å². The van der Waals surface area contributed by atoms with E-state index in [2.05, 4.69) is 152 Å². The monoisotopic (exact) mass is 693 g/mol. The minimum atomic E-state index is -0.560. The molecule has 2 aliphatic rings. The summed E-state index contributed by atoms with van der Waals surface area (Å²) in [5.41, 5.74) is 10.4. The minimum absolute atomic E-state index is 0.560. The third-order valence-corrected chi connectivity index (χ3v) is 12.4. The maximum absolute atomic E-state index is 6.62. The Labute approximate surface area is 308 Å². The number of hydrogen-bond donors (Lipinski definition) is 0. The number of aromatic nitrogens is 3. The molecule has 0 bridgehead atoms. The van der Waals surface area contributed by atoms with Crippen LogP contribution >= 0.6 is 11.3 Å². The molecular weight excluding hydrogens is 667 g/mol. The molecule has 7 aromatic carbocycles. The lowest BCUT2D eigenvalue weighted by molar-refractivity contribution is 0.436. The van der Waals surface area contributed by atoms with Crippen molar-refractivity contribution >= 4 is 53.2 Å². The van der Waals surface area contributed by atoms with Crippen LogP contribution in [0.3, 0.4) is 0 Å². The van der Waals surface area contributed by atoms with Crippen LogP contribution in [-0.4, -0.2) is 15.0 Å². The van der Waals surface area contributed by atoms with Crippen LogP contribution in [0.1, 0.15) is 22.3 Å². The van der Waals surface area contributed by atoms with Crippen molar-refractivity contribution in [1.82, 2.24) is 15.0 Å². The molecule has 10 aromatic rings. The number of hydrogen-bond acceptors (Lipinski definition) is 5. The van der Waals surface area contributed by atoms with E-state index in [1.54, 1.807) is 11.3 Å². The summed E-state index contributed by atoms with van der Waals surface area (Å²) < 4.78 is 8.88. The van der Waals surface area contributed by atoms with Gasteiger partial charge < -0.3 is 4.74 Å². The molecule has 12 rings (SSSR count). The van der Waals surface area contributed by atoms with Crippen LogP contribution < -0.4 is 4.74 Å². The quantitative estimate of drug-likeness (QED) is 0.181. The summed E-state index contributed by atoms with van der Waals surface area (Å²) in [7, 11) is 0. The van der Waals surface area contributed by atoms with E-state index in [1.807, 2.05) is 12.3 Å². The van der Waals surface area contributed by atoms with Gasteiger partial charge in [-0.2, -0.15) is 0 Å². The van der Waals surface area contributed by atoms with Crippen LogP contribution in [0.5, 0.6) is 11.5 Å². The molecular formula is C48H27N3OS. The van der Waals surface area contributed by atoms with Crippen molar-refractivity contribution in [3.05, 3.63) is 186 Å². The average Bonchev–Trinajstić information content (AvgIpc) is 3.73. The second-order valence-electron chi connectivity index (χ2n) is 13.9. The Morgan fingerprint density at radius 2 is 1.15 bits per heavy atom. The van der Waals surface area contributed by atoms with E-state index in [1.165, 1.54) is 37.7 Å². The SMILES string of the molecule is c1ccc2c(c1)Oc1ccccc1C21c2ccc(-c3nc(-c4nccc5ccccc45)nc4c3sc3ccccc34)cc2-c2cc3ccccc3cc21. The van der Waals surface area contributed by atoms with Crippen molar-refractivity contribution in [3.63, 3.8) is 0 Å². The zero-order valence-electron chi connectivity index (χ0n) is 28.2. The van der Waals surface area contributed by atoms with Crippen LogP contribution in [-0.2, 0) is 5.41 Å². The van der Waals surface area contributed by atoms with Crippen molar-refractivity contribution in [2.45, 2.75) is 5.41 Å². The minimum Gasteiger partial charge on any atom is -0.457 e. The Balaban J connectivity index is 1.18. The number of rotatable bonds is 2. The van der Waals surface area contributed by atoms with E-state index in [-0.39, 0.29) is 0 Å². The molecule has 0 N–H and O–H groups in total. The largest absolute Gasteiger partial charge is 0.457 e. The lowest BCUT2D eigenvalue weighted by atomic mass is 9.66. The maximum Gasteiger partial charge on any atom is 0.180 e. The van der Waals surface area contributed by atoms with Crippen molar-refractivity contribution in [3.8, 4) is 45.4 Å². The third-order valence-electron chi connectivity index (χ3n) is 11.2. The first kappa shape index (κ1) is 28.9. The molecule has 0 atom stereocenters. The highest BCUT2D eigenvalue weighted by molar-refractivity contribution is 7.26. The van der Waals surface area contributed by atoms with Crippen LogP contribution in [0.4, 0.5) is 0 Å². The molecule has 3 aromatic heterocycles. The molecule has 1 aliphatic heterocycles. The van der Waals surface area contributed by atoms with Crippen LogP contribution in [0.2, 0.25) is 0 Å². The number of benzene rings is 7. The van der Waals surface area contributed by atoms with E-state index < -0.39 is 5.41 Å². The molecule has 1 spiro atoms. The first-order valence-electron chi connectivity index (χ1n) is 17.8. The second kappa shape index (κ2) is 10.7. The van der Waals surface area contributed by atoms with Gasteiger partial charge in [-0.3, -0.25) is 4.98 Å². The first-order chi connectivity index (χ1) is 26.3. The van der Waals surface area contributed by atoms with E-state index in [9.17, 15) is 0 Å². The van der Waals surface area contributed by atoms with Gasteiger partial charge in [-0.05, 0) is 80.9 Å². The number of para-hydroxylation sites is 2. The fraction of sp³-hybridized carbons (Fsp3) is 0.0208. The summed E-state index contributed by atoms with van der Waals surface area (Å²) >= 11 is 1.75. The second-order valence-corrected chi connectivity index (χ2v) is 15.0. The highest BCUT2D eigenvalue weighted by Gasteiger charge is 2.51. The summed E-state index contributed by atoms with van der Waals surface area (Å²) in [4.78, 5) is 15.5. The van der Waals surface area contributed by atoms with Gasteiger partial charge in [-0.1, -0.05) is 115 Å². The maximum atomic E-state index is 6.62. The summed E-state index contributed by atoms with van der Waals surface area (Å²) in [5, 5.41) is 5.71. The molecule has 1 aliphatic carbocycles. The van der Waals surface area contributed by atoms with E-state index >= 15 is 0 Å². The smallest absolute Gasteiger partial charge is 0.180 e. The molecule has 0 saturated carbocycles. The molecule has 0 saturated heterocycles. The summed E-state index contributed by atoms with van der Waals surface area (Å²) in [6.07, 6.45) is 1.86. The molecule has 0 radical (unpaired) electrons. The fourth-order valence-electron chi connectivity index (χ4n) is 8.92. The van der Waals surface area contributed by atoms with Gasteiger partial charge in [-0.25, -0.2) is 9.97 Å². The lowest BCUT2D eigenvalue weighted by Gasteiger charge is -2.39. The summed E-state index contributed by atoms with van der Waals surface area (Å²) in [5.74, 6) is 2.40. The molecule has 4 nitrogen and oxygen atoms in total.